The van der Waals surface area contributed by atoms with Crippen molar-refractivity contribution in [1.82, 2.24) is 9.97 Å². The summed E-state index contributed by atoms with van der Waals surface area (Å²) in [5.74, 6) is 0.433. The van der Waals surface area contributed by atoms with Crippen LogP contribution in [0.5, 0.6) is 5.75 Å². The first kappa shape index (κ1) is 25.4. The molecular weight excluding hydrogens is 486 g/mol. The van der Waals surface area contributed by atoms with E-state index in [9.17, 15) is 4.79 Å². The minimum absolute atomic E-state index is 0.269. The minimum atomic E-state index is -0.911. The average molecular weight is 520 g/mol. The van der Waals surface area contributed by atoms with Gasteiger partial charge in [-0.05, 0) is 70.0 Å². The number of nitrogens with zero attached hydrogens (tertiary/aromatic N) is 3. The lowest BCUT2D eigenvalue weighted by molar-refractivity contribution is -0.166. The Hall–Kier alpha value is -3.23. The number of aromatic nitrogens is 2. The zero-order valence-corrected chi connectivity index (χ0v) is 23.3. The number of carbonyl (C=O) groups excluding carboxylic acids is 1. The maximum absolute atomic E-state index is 13.4. The molecule has 0 saturated heterocycles. The third kappa shape index (κ3) is 4.64. The molecule has 1 aliphatic heterocycles. The third-order valence-electron chi connectivity index (χ3n) is 6.37. The summed E-state index contributed by atoms with van der Waals surface area (Å²) in [6, 6.07) is 8.16. The molecule has 0 spiro atoms. The van der Waals surface area contributed by atoms with E-state index in [1.54, 1.807) is 11.3 Å². The Morgan fingerprint density at radius 3 is 2.73 bits per heavy atom. The summed E-state index contributed by atoms with van der Waals surface area (Å²) in [5, 5.41) is 1.91. The lowest BCUT2D eigenvalue weighted by Crippen LogP contribution is -2.29. The molecule has 0 bridgehead atoms. The SMILES string of the molecule is CCOC(=O)C(OC(C)(C)C)c1c(C)cc2nc(N(C)C)sc2c1-c1ccc2c3c(ccnc13)CCO2. The number of carbonyl (C=O) groups is 1. The van der Waals surface area contributed by atoms with Gasteiger partial charge in [-0.2, -0.15) is 0 Å². The molecule has 37 heavy (non-hydrogen) atoms. The van der Waals surface area contributed by atoms with Crippen LogP contribution in [-0.2, 0) is 20.7 Å². The van der Waals surface area contributed by atoms with Crippen molar-refractivity contribution in [1.29, 1.82) is 0 Å². The number of pyridine rings is 1. The Bertz CT molecular complexity index is 1490. The second-order valence-corrected chi connectivity index (χ2v) is 11.5. The Balaban J connectivity index is 1.89. The zero-order chi connectivity index (χ0) is 26.5. The van der Waals surface area contributed by atoms with E-state index in [0.29, 0.717) is 6.61 Å². The molecule has 5 rings (SSSR count). The number of thiazole rings is 1. The van der Waals surface area contributed by atoms with Crippen LogP contribution in [0.4, 0.5) is 5.13 Å². The van der Waals surface area contributed by atoms with E-state index in [-0.39, 0.29) is 6.61 Å². The zero-order valence-electron chi connectivity index (χ0n) is 22.5. The molecule has 3 heterocycles. The number of aryl methyl sites for hydroxylation is 1. The van der Waals surface area contributed by atoms with E-state index >= 15 is 0 Å². The van der Waals surface area contributed by atoms with Crippen LogP contribution in [0, 0.1) is 6.92 Å². The van der Waals surface area contributed by atoms with E-state index in [1.807, 2.05) is 78.0 Å². The van der Waals surface area contributed by atoms with Gasteiger partial charge in [0.1, 0.15) is 5.75 Å². The van der Waals surface area contributed by atoms with Gasteiger partial charge in [0, 0.05) is 48.8 Å². The number of rotatable bonds is 6. The molecule has 8 heteroatoms. The van der Waals surface area contributed by atoms with Crippen LogP contribution in [-0.4, -0.2) is 48.8 Å². The van der Waals surface area contributed by atoms with Gasteiger partial charge in [0.05, 0.1) is 34.5 Å². The molecule has 1 aliphatic rings. The predicted octanol–water partition coefficient (Wildman–Crippen LogP) is 6.24. The third-order valence-corrected chi connectivity index (χ3v) is 7.63. The molecule has 2 aromatic heterocycles. The molecule has 1 atom stereocenters. The quantitative estimate of drug-likeness (QED) is 0.279. The number of hydrogen-bond acceptors (Lipinski definition) is 8. The highest BCUT2D eigenvalue weighted by Crippen LogP contribution is 2.47. The van der Waals surface area contributed by atoms with Crippen molar-refractivity contribution >= 4 is 43.6 Å². The van der Waals surface area contributed by atoms with Crippen molar-refractivity contribution in [2.45, 2.75) is 52.7 Å². The monoisotopic (exact) mass is 519 g/mol. The van der Waals surface area contributed by atoms with Crippen LogP contribution in [0.3, 0.4) is 0 Å². The normalized spacial score (nSPS) is 14.0. The van der Waals surface area contributed by atoms with E-state index in [4.69, 9.17) is 24.2 Å². The lowest BCUT2D eigenvalue weighted by Gasteiger charge is -2.29. The first-order chi connectivity index (χ1) is 17.6. The standard InChI is InChI=1S/C29H33N3O4S/c1-8-34-27(33)25(36-29(3,4)5)21-16(2)15-19-26(37-28(31-19)32(6)7)23(21)18-9-10-20-22-17(12-14-35-20)11-13-30-24(18)22/h9-11,13,15,25H,8,12,14H2,1-7H3. The molecule has 0 aliphatic carbocycles. The molecule has 194 valence electrons. The molecule has 0 saturated carbocycles. The lowest BCUT2D eigenvalue weighted by atomic mass is 9.89. The van der Waals surface area contributed by atoms with Crippen LogP contribution in [0.15, 0.2) is 30.5 Å². The fourth-order valence-electron chi connectivity index (χ4n) is 4.90. The molecule has 0 amide bonds. The summed E-state index contributed by atoms with van der Waals surface area (Å²) >= 11 is 1.59. The van der Waals surface area contributed by atoms with Crippen molar-refractivity contribution in [2.24, 2.45) is 0 Å². The molecule has 2 aromatic carbocycles. The largest absolute Gasteiger partial charge is 0.493 e. The fraction of sp³-hybridized carbons (Fsp3) is 0.414. The van der Waals surface area contributed by atoms with Crippen molar-refractivity contribution in [2.75, 3.05) is 32.2 Å². The fourth-order valence-corrected chi connectivity index (χ4v) is 5.94. The van der Waals surface area contributed by atoms with Crippen LogP contribution in [0.25, 0.3) is 32.2 Å². The number of benzene rings is 2. The summed E-state index contributed by atoms with van der Waals surface area (Å²) in [7, 11) is 3.97. The van der Waals surface area contributed by atoms with Gasteiger partial charge in [0.25, 0.3) is 0 Å². The van der Waals surface area contributed by atoms with Crippen LogP contribution < -0.4 is 9.64 Å². The van der Waals surface area contributed by atoms with Gasteiger partial charge in [-0.25, -0.2) is 9.78 Å². The number of esters is 1. The maximum Gasteiger partial charge on any atom is 0.339 e. The Kier molecular flexibility index (Phi) is 6.58. The highest BCUT2D eigenvalue weighted by atomic mass is 32.1. The topological polar surface area (TPSA) is 73.8 Å². The van der Waals surface area contributed by atoms with Crippen LogP contribution >= 0.6 is 11.3 Å². The molecular formula is C29H33N3O4S. The van der Waals surface area contributed by atoms with Crippen molar-refractivity contribution in [3.63, 3.8) is 0 Å². The molecule has 7 nitrogen and oxygen atoms in total. The predicted molar refractivity (Wildman–Crippen MR) is 149 cm³/mol. The van der Waals surface area contributed by atoms with Crippen molar-refractivity contribution in [3.8, 4) is 16.9 Å². The molecule has 4 aromatic rings. The van der Waals surface area contributed by atoms with Gasteiger partial charge >= 0.3 is 5.97 Å². The van der Waals surface area contributed by atoms with E-state index in [2.05, 4.69) is 6.07 Å². The first-order valence-corrected chi connectivity index (χ1v) is 13.4. The van der Waals surface area contributed by atoms with Crippen molar-refractivity contribution < 1.29 is 19.0 Å². The highest BCUT2D eigenvalue weighted by molar-refractivity contribution is 7.22. The number of anilines is 1. The van der Waals surface area contributed by atoms with Gasteiger partial charge < -0.3 is 19.1 Å². The highest BCUT2D eigenvalue weighted by Gasteiger charge is 2.34. The summed E-state index contributed by atoms with van der Waals surface area (Å²) in [5.41, 5.74) is 5.89. The summed E-state index contributed by atoms with van der Waals surface area (Å²) in [4.78, 5) is 25.2. The van der Waals surface area contributed by atoms with E-state index in [0.717, 1.165) is 60.7 Å². The molecule has 1 unspecified atom stereocenters. The second kappa shape index (κ2) is 9.58. The number of hydrogen-bond donors (Lipinski definition) is 0. The van der Waals surface area contributed by atoms with Gasteiger partial charge in [-0.1, -0.05) is 11.3 Å². The van der Waals surface area contributed by atoms with Gasteiger partial charge in [0.2, 0.25) is 0 Å². The summed E-state index contributed by atoms with van der Waals surface area (Å²) < 4.78 is 18.9. The van der Waals surface area contributed by atoms with Crippen molar-refractivity contribution in [3.05, 3.63) is 47.2 Å². The second-order valence-electron chi connectivity index (χ2n) is 10.5. The first-order valence-electron chi connectivity index (χ1n) is 12.6. The summed E-state index contributed by atoms with van der Waals surface area (Å²) in [6.45, 7) is 10.6. The smallest absolute Gasteiger partial charge is 0.339 e. The average Bonchev–Trinajstić information content (AvgIpc) is 3.26. The van der Waals surface area contributed by atoms with E-state index in [1.165, 1.54) is 5.56 Å². The minimum Gasteiger partial charge on any atom is -0.493 e. The number of ether oxygens (including phenoxy) is 3. The molecule has 0 radical (unpaired) electrons. The Morgan fingerprint density at radius 1 is 1.24 bits per heavy atom. The van der Waals surface area contributed by atoms with Crippen LogP contribution in [0.2, 0.25) is 0 Å². The number of fused-ring (bicyclic) bond motifs is 1. The van der Waals surface area contributed by atoms with Gasteiger partial charge in [0.15, 0.2) is 11.2 Å². The van der Waals surface area contributed by atoms with Gasteiger partial charge in [-0.3, -0.25) is 4.98 Å². The molecule has 0 fully saturated rings. The Morgan fingerprint density at radius 2 is 2.03 bits per heavy atom. The Labute approximate surface area is 221 Å². The van der Waals surface area contributed by atoms with E-state index < -0.39 is 17.7 Å². The van der Waals surface area contributed by atoms with Crippen LogP contribution in [0.1, 0.15) is 50.5 Å². The summed E-state index contributed by atoms with van der Waals surface area (Å²) in [6.07, 6.45) is 1.77. The van der Waals surface area contributed by atoms with Gasteiger partial charge in [-0.15, -0.1) is 0 Å². The molecule has 0 N–H and O–H groups in total. The maximum atomic E-state index is 13.4.